The summed E-state index contributed by atoms with van der Waals surface area (Å²) in [7, 11) is -3.93. The molecule has 0 aliphatic heterocycles. The molecule has 7 heteroatoms. The highest BCUT2D eigenvalue weighted by Crippen LogP contribution is 2.42. The van der Waals surface area contributed by atoms with Crippen LogP contribution in [0.2, 0.25) is 0 Å². The van der Waals surface area contributed by atoms with E-state index < -0.39 is 15.6 Å². The molecule has 7 rings (SSSR count). The first kappa shape index (κ1) is 29.3. The topological polar surface area (TPSA) is 95.0 Å². The fraction of sp³-hybridized carbons (Fsp3) is 0.0769. The standard InChI is InChI=1S/C39H31N3O3S/c40-46(44,45)34-23-22-28-20-21-30(38(43)36(28)25-34)24-29-12-10-11-19-35(29)37-26-42(27-41-37)39(31-13-4-1-5-14-31,32-15-6-2-7-16-32)33-17-8-3-9-18-33/h1-19,22-27H,20-21H2,(H2,40,44,45). The molecule has 0 radical (unpaired) electrons. The molecule has 0 fully saturated rings. The lowest BCUT2D eigenvalue weighted by molar-refractivity contribution is 0.102. The van der Waals surface area contributed by atoms with Gasteiger partial charge >= 0.3 is 0 Å². The average molecular weight is 622 g/mol. The molecule has 0 amide bonds. The number of carbonyl (C=O) groups excluding carboxylic acids is 1. The summed E-state index contributed by atoms with van der Waals surface area (Å²) >= 11 is 0. The van der Waals surface area contributed by atoms with E-state index in [-0.39, 0.29) is 10.7 Å². The second kappa shape index (κ2) is 11.9. The quantitative estimate of drug-likeness (QED) is 0.150. The predicted octanol–water partition coefficient (Wildman–Crippen LogP) is 7.25. The number of sulfonamides is 1. The Bertz CT molecular complexity index is 2090. The Morgan fingerprint density at radius 1 is 0.696 bits per heavy atom. The highest BCUT2D eigenvalue weighted by Gasteiger charge is 2.38. The minimum absolute atomic E-state index is 0.0643. The number of aromatic nitrogens is 2. The van der Waals surface area contributed by atoms with Gasteiger partial charge in [0.15, 0.2) is 5.78 Å². The van der Waals surface area contributed by atoms with Crippen molar-refractivity contribution in [1.29, 1.82) is 0 Å². The molecule has 0 bridgehead atoms. The van der Waals surface area contributed by atoms with E-state index in [1.54, 1.807) is 6.07 Å². The van der Waals surface area contributed by atoms with Gasteiger partial charge in [0, 0.05) is 22.9 Å². The normalized spacial score (nSPS) is 14.3. The van der Waals surface area contributed by atoms with Gasteiger partial charge in [-0.1, -0.05) is 121 Å². The Balaban J connectivity index is 1.35. The molecule has 0 unspecified atom stereocenters. The second-order valence-electron chi connectivity index (χ2n) is 11.4. The molecule has 2 N–H and O–H groups in total. The number of nitrogens with zero attached hydrogens (tertiary/aromatic N) is 2. The Morgan fingerprint density at radius 3 is 1.85 bits per heavy atom. The SMILES string of the molecule is NS(=O)(=O)c1ccc2c(c1)C(=O)C(=Cc1ccccc1-c1cn(C(c3ccccc3)(c3ccccc3)c3ccccc3)cn1)CC2. The van der Waals surface area contributed by atoms with Gasteiger partial charge in [-0.05, 0) is 58.9 Å². The highest BCUT2D eigenvalue weighted by molar-refractivity contribution is 7.89. The van der Waals surface area contributed by atoms with Crippen molar-refractivity contribution in [3.05, 3.63) is 185 Å². The van der Waals surface area contributed by atoms with Crippen molar-refractivity contribution in [2.75, 3.05) is 0 Å². The maximum absolute atomic E-state index is 13.6. The van der Waals surface area contributed by atoms with Crippen LogP contribution in [0.25, 0.3) is 17.3 Å². The zero-order valence-electron chi connectivity index (χ0n) is 25.0. The Labute approximate surface area is 268 Å². The number of rotatable bonds is 7. The zero-order chi connectivity index (χ0) is 31.7. The summed E-state index contributed by atoms with van der Waals surface area (Å²) in [5.74, 6) is -0.191. The first-order chi connectivity index (χ1) is 22.4. The number of aryl methyl sites for hydroxylation is 1. The van der Waals surface area contributed by atoms with E-state index in [1.807, 2.05) is 54.9 Å². The third-order valence-corrected chi connectivity index (χ3v) is 9.63. The van der Waals surface area contributed by atoms with Crippen molar-refractivity contribution in [3.8, 4) is 11.3 Å². The Morgan fingerprint density at radius 2 is 1.26 bits per heavy atom. The molecule has 1 aliphatic rings. The van der Waals surface area contributed by atoms with E-state index in [0.717, 1.165) is 39.1 Å². The lowest BCUT2D eigenvalue weighted by Crippen LogP contribution is -2.36. The number of carbonyl (C=O) groups is 1. The lowest BCUT2D eigenvalue weighted by Gasteiger charge is -2.37. The van der Waals surface area contributed by atoms with Gasteiger partial charge in [0.25, 0.3) is 0 Å². The molecule has 46 heavy (non-hydrogen) atoms. The van der Waals surface area contributed by atoms with E-state index in [0.29, 0.717) is 24.0 Å². The second-order valence-corrected chi connectivity index (χ2v) is 13.0. The smallest absolute Gasteiger partial charge is 0.238 e. The summed E-state index contributed by atoms with van der Waals surface area (Å²) in [6.45, 7) is 0. The Kier molecular flexibility index (Phi) is 7.56. The van der Waals surface area contributed by atoms with Crippen LogP contribution in [0.15, 0.2) is 156 Å². The van der Waals surface area contributed by atoms with E-state index in [1.165, 1.54) is 12.1 Å². The lowest BCUT2D eigenvalue weighted by atomic mass is 9.77. The number of hydrogen-bond donors (Lipinski definition) is 1. The minimum Gasteiger partial charge on any atom is -0.318 e. The number of allylic oxidation sites excluding steroid dienone is 1. The van der Waals surface area contributed by atoms with Gasteiger partial charge in [0.2, 0.25) is 10.0 Å². The van der Waals surface area contributed by atoms with Gasteiger partial charge in [-0.2, -0.15) is 0 Å². The number of Topliss-reactive ketones (excluding diaryl/α,β-unsaturated/α-hetero) is 1. The molecule has 5 aromatic carbocycles. The van der Waals surface area contributed by atoms with E-state index in [4.69, 9.17) is 10.1 Å². The minimum atomic E-state index is -3.93. The van der Waals surface area contributed by atoms with Crippen LogP contribution < -0.4 is 5.14 Å². The molecule has 6 aromatic rings. The number of nitrogens with two attached hydrogens (primary N) is 1. The van der Waals surface area contributed by atoms with Crippen molar-refractivity contribution in [3.63, 3.8) is 0 Å². The van der Waals surface area contributed by atoms with Crippen LogP contribution in [-0.4, -0.2) is 23.8 Å². The molecular formula is C39H31N3O3S. The number of primary sulfonamides is 1. The summed E-state index contributed by atoms with van der Waals surface area (Å²) < 4.78 is 26.1. The van der Waals surface area contributed by atoms with Gasteiger partial charge in [-0.3, -0.25) is 4.79 Å². The van der Waals surface area contributed by atoms with E-state index in [2.05, 4.69) is 83.6 Å². The van der Waals surface area contributed by atoms with Gasteiger partial charge < -0.3 is 4.57 Å². The average Bonchev–Trinajstić information content (AvgIpc) is 3.58. The molecule has 0 spiro atoms. The summed E-state index contributed by atoms with van der Waals surface area (Å²) in [4.78, 5) is 18.5. The van der Waals surface area contributed by atoms with Crippen LogP contribution in [-0.2, 0) is 22.0 Å². The summed E-state index contributed by atoms with van der Waals surface area (Å²) in [6.07, 6.45) is 7.02. The van der Waals surface area contributed by atoms with Crippen LogP contribution in [0.3, 0.4) is 0 Å². The summed E-state index contributed by atoms with van der Waals surface area (Å²) in [5.41, 5.74) is 6.89. The third-order valence-electron chi connectivity index (χ3n) is 8.72. The molecule has 0 atom stereocenters. The van der Waals surface area contributed by atoms with E-state index in [9.17, 15) is 13.2 Å². The molecule has 0 saturated carbocycles. The summed E-state index contributed by atoms with van der Waals surface area (Å²) in [5, 5.41) is 5.36. The van der Waals surface area contributed by atoms with Gasteiger partial charge in [-0.15, -0.1) is 0 Å². The molecule has 1 aliphatic carbocycles. The third kappa shape index (κ3) is 5.19. The molecule has 226 valence electrons. The number of ketones is 1. The highest BCUT2D eigenvalue weighted by atomic mass is 32.2. The predicted molar refractivity (Wildman–Crippen MR) is 181 cm³/mol. The fourth-order valence-electron chi connectivity index (χ4n) is 6.53. The van der Waals surface area contributed by atoms with Crippen molar-refractivity contribution in [1.82, 2.24) is 9.55 Å². The number of imidazole rings is 1. The van der Waals surface area contributed by atoms with Crippen LogP contribution in [0.4, 0.5) is 0 Å². The van der Waals surface area contributed by atoms with Crippen LogP contribution in [0, 0.1) is 0 Å². The fourth-order valence-corrected chi connectivity index (χ4v) is 7.07. The van der Waals surface area contributed by atoms with E-state index >= 15 is 0 Å². The maximum atomic E-state index is 13.6. The van der Waals surface area contributed by atoms with Crippen molar-refractivity contribution >= 4 is 21.9 Å². The maximum Gasteiger partial charge on any atom is 0.238 e. The molecule has 6 nitrogen and oxygen atoms in total. The monoisotopic (exact) mass is 621 g/mol. The zero-order valence-corrected chi connectivity index (χ0v) is 25.8. The number of fused-ring (bicyclic) bond motifs is 1. The van der Waals surface area contributed by atoms with Gasteiger partial charge in [-0.25, -0.2) is 18.5 Å². The van der Waals surface area contributed by atoms with Crippen molar-refractivity contribution in [2.24, 2.45) is 5.14 Å². The first-order valence-electron chi connectivity index (χ1n) is 15.1. The number of benzene rings is 5. The van der Waals surface area contributed by atoms with Gasteiger partial charge in [0.05, 0.1) is 16.9 Å². The van der Waals surface area contributed by atoms with Gasteiger partial charge in [0.1, 0.15) is 5.54 Å². The number of hydrogen-bond acceptors (Lipinski definition) is 4. The van der Waals surface area contributed by atoms with Crippen LogP contribution in [0.1, 0.15) is 44.6 Å². The first-order valence-corrected chi connectivity index (χ1v) is 16.6. The van der Waals surface area contributed by atoms with Crippen molar-refractivity contribution < 1.29 is 13.2 Å². The van der Waals surface area contributed by atoms with Crippen molar-refractivity contribution in [2.45, 2.75) is 23.3 Å². The Hall–Kier alpha value is -5.37. The molecular weight excluding hydrogens is 591 g/mol. The molecule has 1 heterocycles. The molecule has 0 saturated heterocycles. The van der Waals surface area contributed by atoms with Crippen LogP contribution in [0.5, 0.6) is 0 Å². The molecule has 1 aromatic heterocycles. The largest absolute Gasteiger partial charge is 0.318 e. The van der Waals surface area contributed by atoms with Crippen LogP contribution >= 0.6 is 0 Å². The summed E-state index contributed by atoms with van der Waals surface area (Å²) in [6, 6.07) is 43.7.